The molecule has 0 radical (unpaired) electrons. The molecule has 32 heavy (non-hydrogen) atoms. The van der Waals surface area contributed by atoms with E-state index in [0.29, 0.717) is 5.56 Å². The van der Waals surface area contributed by atoms with Crippen molar-refractivity contribution < 1.29 is 14.3 Å². The second kappa shape index (κ2) is 10.2. The zero-order chi connectivity index (χ0) is 22.2. The van der Waals surface area contributed by atoms with Crippen molar-refractivity contribution in [1.82, 2.24) is 15.6 Å². The maximum absolute atomic E-state index is 13.0. The maximum atomic E-state index is 13.0. The maximum Gasteiger partial charge on any atom is 0.407 e. The number of carbonyl (C=O) groups is 2. The molecule has 0 aliphatic carbocycles. The van der Waals surface area contributed by atoms with Gasteiger partial charge in [-0.15, -0.1) is 0 Å². The monoisotopic (exact) mass is 425 g/mol. The minimum absolute atomic E-state index is 0.182. The first kappa shape index (κ1) is 21.1. The standard InChI is InChI=1S/C26H23N3O3/c30-25(22-11-12-23-16-27-14-13-21(23)15-22)29-24(20-9-5-2-6-10-20)17-28-26(31)32-18-19-7-3-1-4-8-19/h1-16,24H,17-18H2,(H,28,31)(H,29,30)/t24-/m1/s1. The Balaban J connectivity index is 1.42. The van der Waals surface area contributed by atoms with E-state index >= 15 is 0 Å². The summed E-state index contributed by atoms with van der Waals surface area (Å²) in [7, 11) is 0. The quantitative estimate of drug-likeness (QED) is 0.452. The lowest BCUT2D eigenvalue weighted by molar-refractivity contribution is 0.0932. The van der Waals surface area contributed by atoms with Crippen LogP contribution in [0.25, 0.3) is 10.8 Å². The van der Waals surface area contributed by atoms with Crippen molar-refractivity contribution >= 4 is 22.8 Å². The third kappa shape index (κ3) is 5.49. The summed E-state index contributed by atoms with van der Waals surface area (Å²) in [5.41, 5.74) is 2.33. The number of aromatic nitrogens is 1. The lowest BCUT2D eigenvalue weighted by Gasteiger charge is -2.20. The van der Waals surface area contributed by atoms with Gasteiger partial charge in [0.15, 0.2) is 0 Å². The number of nitrogens with one attached hydrogen (secondary N) is 2. The first-order chi connectivity index (χ1) is 15.7. The molecule has 4 rings (SSSR count). The highest BCUT2D eigenvalue weighted by Gasteiger charge is 2.17. The molecule has 0 spiro atoms. The molecule has 0 bridgehead atoms. The lowest BCUT2D eigenvalue weighted by Crippen LogP contribution is -2.38. The second-order valence-electron chi connectivity index (χ2n) is 7.32. The van der Waals surface area contributed by atoms with E-state index in [9.17, 15) is 9.59 Å². The Kier molecular flexibility index (Phi) is 6.72. The van der Waals surface area contributed by atoms with Crippen LogP contribution in [0.1, 0.15) is 27.5 Å². The van der Waals surface area contributed by atoms with Crippen LogP contribution in [0.5, 0.6) is 0 Å². The van der Waals surface area contributed by atoms with Crippen molar-refractivity contribution in [2.75, 3.05) is 6.54 Å². The van der Waals surface area contributed by atoms with Crippen molar-refractivity contribution in [1.29, 1.82) is 0 Å². The Morgan fingerprint density at radius 3 is 2.41 bits per heavy atom. The van der Waals surface area contributed by atoms with Gasteiger partial charge in [-0.3, -0.25) is 9.78 Å². The molecule has 160 valence electrons. The molecule has 0 fully saturated rings. The van der Waals surface area contributed by atoms with Gasteiger partial charge in [-0.2, -0.15) is 0 Å². The van der Waals surface area contributed by atoms with Gasteiger partial charge in [0.05, 0.1) is 6.04 Å². The first-order valence-corrected chi connectivity index (χ1v) is 10.3. The summed E-state index contributed by atoms with van der Waals surface area (Å²) in [6, 6.07) is 25.9. The molecule has 0 aliphatic heterocycles. The largest absolute Gasteiger partial charge is 0.445 e. The van der Waals surface area contributed by atoms with Gasteiger partial charge in [-0.05, 0) is 34.7 Å². The molecule has 1 atom stereocenters. The minimum Gasteiger partial charge on any atom is -0.445 e. The van der Waals surface area contributed by atoms with E-state index in [0.717, 1.165) is 21.9 Å². The van der Waals surface area contributed by atoms with E-state index in [1.165, 1.54) is 0 Å². The molecule has 3 aromatic carbocycles. The van der Waals surface area contributed by atoms with Crippen LogP contribution in [0.4, 0.5) is 4.79 Å². The van der Waals surface area contributed by atoms with Gasteiger partial charge < -0.3 is 15.4 Å². The van der Waals surface area contributed by atoms with Crippen molar-refractivity contribution in [3.63, 3.8) is 0 Å². The highest BCUT2D eigenvalue weighted by molar-refractivity contribution is 5.98. The number of hydrogen-bond acceptors (Lipinski definition) is 4. The third-order valence-electron chi connectivity index (χ3n) is 5.07. The van der Waals surface area contributed by atoms with Crippen LogP contribution in [0.2, 0.25) is 0 Å². The van der Waals surface area contributed by atoms with Gasteiger partial charge >= 0.3 is 6.09 Å². The summed E-state index contributed by atoms with van der Waals surface area (Å²) in [5.74, 6) is -0.225. The summed E-state index contributed by atoms with van der Waals surface area (Å²) in [6.45, 7) is 0.377. The van der Waals surface area contributed by atoms with Gasteiger partial charge in [-0.1, -0.05) is 66.7 Å². The molecule has 4 aromatic rings. The zero-order valence-corrected chi connectivity index (χ0v) is 17.4. The molecule has 6 nitrogen and oxygen atoms in total. The third-order valence-corrected chi connectivity index (χ3v) is 5.07. The summed E-state index contributed by atoms with van der Waals surface area (Å²) >= 11 is 0. The Morgan fingerprint density at radius 2 is 1.62 bits per heavy atom. The molecule has 0 saturated carbocycles. The number of benzene rings is 3. The normalized spacial score (nSPS) is 11.5. The molecule has 0 aliphatic rings. The molecule has 2 amide bonds. The average Bonchev–Trinajstić information content (AvgIpc) is 2.86. The fraction of sp³-hybridized carbons (Fsp3) is 0.115. The topological polar surface area (TPSA) is 80.3 Å². The van der Waals surface area contributed by atoms with Crippen LogP contribution in [0.15, 0.2) is 97.3 Å². The van der Waals surface area contributed by atoms with Crippen LogP contribution in [-0.4, -0.2) is 23.5 Å². The number of hydrogen-bond donors (Lipinski definition) is 2. The van der Waals surface area contributed by atoms with E-state index in [4.69, 9.17) is 4.74 Å². The molecule has 0 saturated heterocycles. The van der Waals surface area contributed by atoms with E-state index in [1.54, 1.807) is 18.5 Å². The van der Waals surface area contributed by atoms with Crippen LogP contribution in [0, 0.1) is 0 Å². The number of fused-ring (bicyclic) bond motifs is 1. The van der Waals surface area contributed by atoms with Gasteiger partial charge in [0, 0.05) is 29.9 Å². The number of amides is 2. The Labute approximate surface area is 186 Å². The minimum atomic E-state index is -0.540. The molecule has 1 aromatic heterocycles. The summed E-state index contributed by atoms with van der Waals surface area (Å²) < 4.78 is 5.28. The van der Waals surface area contributed by atoms with Crippen LogP contribution < -0.4 is 10.6 Å². The first-order valence-electron chi connectivity index (χ1n) is 10.3. The lowest BCUT2D eigenvalue weighted by atomic mass is 10.0. The van der Waals surface area contributed by atoms with E-state index < -0.39 is 12.1 Å². The number of ether oxygens (including phenoxy) is 1. The summed E-state index contributed by atoms with van der Waals surface area (Å²) in [5, 5.41) is 7.67. The van der Waals surface area contributed by atoms with Crippen molar-refractivity contribution in [2.24, 2.45) is 0 Å². The summed E-state index contributed by atoms with van der Waals surface area (Å²) in [6.07, 6.45) is 2.92. The number of pyridine rings is 1. The summed E-state index contributed by atoms with van der Waals surface area (Å²) in [4.78, 5) is 29.3. The van der Waals surface area contributed by atoms with E-state index in [2.05, 4.69) is 15.6 Å². The second-order valence-corrected chi connectivity index (χ2v) is 7.32. The Hall–Kier alpha value is -4.19. The van der Waals surface area contributed by atoms with E-state index in [1.807, 2.05) is 78.9 Å². The fourth-order valence-corrected chi connectivity index (χ4v) is 3.36. The molecule has 2 N–H and O–H groups in total. The van der Waals surface area contributed by atoms with Gasteiger partial charge in [0.25, 0.3) is 5.91 Å². The van der Waals surface area contributed by atoms with Crippen molar-refractivity contribution in [3.05, 3.63) is 114 Å². The molecule has 1 heterocycles. The van der Waals surface area contributed by atoms with Crippen LogP contribution >= 0.6 is 0 Å². The smallest absolute Gasteiger partial charge is 0.407 e. The van der Waals surface area contributed by atoms with Crippen molar-refractivity contribution in [3.8, 4) is 0 Å². The highest BCUT2D eigenvalue weighted by atomic mass is 16.5. The van der Waals surface area contributed by atoms with Gasteiger partial charge in [0.2, 0.25) is 0 Å². The number of alkyl carbamates (subject to hydrolysis) is 1. The van der Waals surface area contributed by atoms with Gasteiger partial charge in [0.1, 0.15) is 6.61 Å². The van der Waals surface area contributed by atoms with Crippen LogP contribution in [0.3, 0.4) is 0 Å². The SMILES string of the molecule is O=C(NC[C@@H](NC(=O)c1ccc2cnccc2c1)c1ccccc1)OCc1ccccc1. The number of rotatable bonds is 7. The van der Waals surface area contributed by atoms with Crippen LogP contribution in [-0.2, 0) is 11.3 Å². The predicted octanol–water partition coefficient (Wildman–Crippen LogP) is 4.63. The average molecular weight is 425 g/mol. The van der Waals surface area contributed by atoms with Gasteiger partial charge in [-0.25, -0.2) is 4.79 Å². The number of nitrogens with zero attached hydrogens (tertiary/aromatic N) is 1. The highest BCUT2D eigenvalue weighted by Crippen LogP contribution is 2.17. The van der Waals surface area contributed by atoms with E-state index in [-0.39, 0.29) is 19.1 Å². The Bertz CT molecular complexity index is 1200. The predicted molar refractivity (Wildman–Crippen MR) is 123 cm³/mol. The Morgan fingerprint density at radius 1 is 0.875 bits per heavy atom. The fourth-order valence-electron chi connectivity index (χ4n) is 3.36. The molecular formula is C26H23N3O3. The molecule has 6 heteroatoms. The molecule has 0 unspecified atom stereocenters. The zero-order valence-electron chi connectivity index (χ0n) is 17.4. The molecular weight excluding hydrogens is 402 g/mol. The number of carbonyl (C=O) groups excluding carboxylic acids is 2. The van der Waals surface area contributed by atoms with Crippen molar-refractivity contribution in [2.45, 2.75) is 12.6 Å².